The Morgan fingerprint density at radius 1 is 1.05 bits per heavy atom. The number of nitrogens with one attached hydrogen (secondary N) is 2. The van der Waals surface area contributed by atoms with Gasteiger partial charge in [-0.2, -0.15) is 5.10 Å². The zero-order valence-electron chi connectivity index (χ0n) is 21.5. The number of nitrogens with zero attached hydrogens (tertiary/aromatic N) is 3. The van der Waals surface area contributed by atoms with Crippen LogP contribution >= 0.6 is 0 Å². The van der Waals surface area contributed by atoms with E-state index in [0.717, 1.165) is 16.7 Å². The highest BCUT2D eigenvalue weighted by molar-refractivity contribution is 7.92. The molecule has 2 aromatic carbocycles. The molecule has 0 saturated carbocycles. The molecule has 1 amide bonds. The summed E-state index contributed by atoms with van der Waals surface area (Å²) in [6.45, 7) is 4.61. The van der Waals surface area contributed by atoms with Crippen molar-refractivity contribution in [1.82, 2.24) is 20.3 Å². The zero-order valence-corrected chi connectivity index (χ0v) is 22.3. The number of carbonyl (C=O) groups excluding carboxylic acids is 1. The molecular weight excluding hydrogens is 514 g/mol. The van der Waals surface area contributed by atoms with Crippen LogP contribution in [0.1, 0.15) is 30.5 Å². The number of carbonyl (C=O) groups is 1. The molecule has 0 spiro atoms. The van der Waals surface area contributed by atoms with Gasteiger partial charge in [0.1, 0.15) is 21.8 Å². The van der Waals surface area contributed by atoms with Gasteiger partial charge in [0, 0.05) is 18.3 Å². The second-order valence-corrected chi connectivity index (χ2v) is 9.92. The predicted octanol–water partition coefficient (Wildman–Crippen LogP) is 3.70. The fourth-order valence-electron chi connectivity index (χ4n) is 3.87. The van der Waals surface area contributed by atoms with Gasteiger partial charge in [0.05, 0.1) is 33.6 Å². The minimum absolute atomic E-state index is 0.00114. The van der Waals surface area contributed by atoms with Gasteiger partial charge in [-0.15, -0.1) is 0 Å². The summed E-state index contributed by atoms with van der Waals surface area (Å²) in [6.07, 6.45) is 3.60. The van der Waals surface area contributed by atoms with Crippen molar-refractivity contribution in [3.63, 3.8) is 0 Å². The van der Waals surface area contributed by atoms with Crippen LogP contribution in [0.3, 0.4) is 0 Å². The van der Waals surface area contributed by atoms with Crippen LogP contribution in [0.4, 0.5) is 10.6 Å². The summed E-state index contributed by atoms with van der Waals surface area (Å²) in [5, 5.41) is 11.3. The van der Waals surface area contributed by atoms with Crippen LogP contribution in [-0.4, -0.2) is 50.3 Å². The van der Waals surface area contributed by atoms with Crippen LogP contribution < -0.4 is 19.5 Å². The third-order valence-electron chi connectivity index (χ3n) is 5.72. The van der Waals surface area contributed by atoms with Crippen molar-refractivity contribution < 1.29 is 31.9 Å². The lowest BCUT2D eigenvalue weighted by Crippen LogP contribution is -2.23. The summed E-state index contributed by atoms with van der Waals surface area (Å²) in [5.41, 5.74) is 2.76. The van der Waals surface area contributed by atoms with Gasteiger partial charge in [-0.25, -0.2) is 13.2 Å². The molecule has 2 N–H and O–H groups in total. The van der Waals surface area contributed by atoms with Crippen LogP contribution in [-0.2, 0) is 34.3 Å². The van der Waals surface area contributed by atoms with E-state index in [1.165, 1.54) is 14.2 Å². The highest BCUT2D eigenvalue weighted by atomic mass is 32.2. The van der Waals surface area contributed by atoms with E-state index >= 15 is 0 Å². The maximum Gasteiger partial charge on any atom is 0.407 e. The number of anilines is 1. The molecule has 2 aromatic heterocycles. The number of hydrogen-bond donors (Lipinski definition) is 2. The molecule has 0 unspecified atom stereocenters. The van der Waals surface area contributed by atoms with Gasteiger partial charge in [-0.1, -0.05) is 18.1 Å². The number of hydrogen-bond acceptors (Lipinski definition) is 9. The molecule has 0 aliphatic carbocycles. The summed E-state index contributed by atoms with van der Waals surface area (Å²) in [6, 6.07) is 8.49. The number of fused-ring (bicyclic) bond motifs is 1. The Kier molecular flexibility index (Phi) is 8.05. The average molecular weight is 544 g/mol. The van der Waals surface area contributed by atoms with Crippen LogP contribution in [0.25, 0.3) is 11.0 Å². The maximum atomic E-state index is 13.3. The van der Waals surface area contributed by atoms with Gasteiger partial charge in [-0.3, -0.25) is 9.40 Å². The molecule has 0 radical (unpaired) electrons. The van der Waals surface area contributed by atoms with Crippen molar-refractivity contribution in [2.45, 2.75) is 38.3 Å². The largest absolute Gasteiger partial charge is 0.496 e. The topological polar surface area (TPSA) is 147 Å². The third kappa shape index (κ3) is 5.83. The number of benzene rings is 2. The lowest BCUT2D eigenvalue weighted by molar-refractivity contribution is 0.151. The van der Waals surface area contributed by atoms with Crippen molar-refractivity contribution >= 4 is 32.9 Å². The van der Waals surface area contributed by atoms with E-state index in [1.54, 1.807) is 48.3 Å². The molecule has 0 saturated heterocycles. The first-order valence-electron chi connectivity index (χ1n) is 11.9. The molecule has 0 atom stereocenters. The number of sulfonamides is 1. The van der Waals surface area contributed by atoms with E-state index in [4.69, 9.17) is 18.7 Å². The van der Waals surface area contributed by atoms with Gasteiger partial charge in [-0.05, 0) is 48.7 Å². The number of methoxy groups -OCH3 is 2. The SMILES string of the molecule is CCOC(=O)NCc1cnn(Cc2cc(OC)c3c(NS(=O)(=O)c4cc(CC)ccc4OC)noc3c2)c1. The van der Waals surface area contributed by atoms with Gasteiger partial charge in [0.15, 0.2) is 11.4 Å². The lowest BCUT2D eigenvalue weighted by atomic mass is 10.1. The second kappa shape index (κ2) is 11.4. The molecule has 12 nitrogen and oxygen atoms in total. The highest BCUT2D eigenvalue weighted by Crippen LogP contribution is 2.36. The van der Waals surface area contributed by atoms with Gasteiger partial charge in [0.25, 0.3) is 10.0 Å². The molecule has 0 aliphatic heterocycles. The minimum atomic E-state index is -4.05. The van der Waals surface area contributed by atoms with Crippen molar-refractivity contribution in [3.05, 3.63) is 59.4 Å². The van der Waals surface area contributed by atoms with Crippen molar-refractivity contribution in [2.75, 3.05) is 25.5 Å². The fourth-order valence-corrected chi connectivity index (χ4v) is 5.10. The fraction of sp³-hybridized carbons (Fsp3) is 0.320. The number of alkyl carbamates (subject to hydrolysis) is 1. The van der Waals surface area contributed by atoms with Crippen molar-refractivity contribution in [2.24, 2.45) is 0 Å². The van der Waals surface area contributed by atoms with Crippen LogP contribution in [0.5, 0.6) is 11.5 Å². The quantitative estimate of drug-likeness (QED) is 0.289. The molecular formula is C25H29N5O7S. The molecule has 0 bridgehead atoms. The first-order valence-corrected chi connectivity index (χ1v) is 13.3. The van der Waals surface area contributed by atoms with E-state index in [2.05, 4.69) is 20.3 Å². The molecule has 4 rings (SSSR count). The number of ether oxygens (including phenoxy) is 3. The monoisotopic (exact) mass is 543 g/mol. The standard InChI is InChI=1S/C25H29N5O7S/c1-5-16-7-8-19(34-3)22(11-16)38(32,33)29-24-23-20(35-4)9-17(10-21(23)37-28-24)14-30-15-18(13-27-30)12-26-25(31)36-6-2/h7-11,13,15H,5-6,12,14H2,1-4H3,(H,26,31)(H,28,29). The Hall–Kier alpha value is -4.26. The van der Waals surface area contributed by atoms with E-state index < -0.39 is 16.1 Å². The number of amides is 1. The second-order valence-electron chi connectivity index (χ2n) is 8.27. The Labute approximate surface area is 219 Å². The molecule has 38 heavy (non-hydrogen) atoms. The van der Waals surface area contributed by atoms with E-state index in [1.807, 2.05) is 13.0 Å². The normalized spacial score (nSPS) is 11.4. The van der Waals surface area contributed by atoms with E-state index in [9.17, 15) is 13.2 Å². The summed E-state index contributed by atoms with van der Waals surface area (Å²) >= 11 is 0. The van der Waals surface area contributed by atoms with E-state index in [-0.39, 0.29) is 23.0 Å². The van der Waals surface area contributed by atoms with Crippen molar-refractivity contribution in [1.29, 1.82) is 0 Å². The Morgan fingerprint density at radius 3 is 2.55 bits per heavy atom. The first kappa shape index (κ1) is 26.8. The number of rotatable bonds is 11. The molecule has 4 aromatic rings. The molecule has 202 valence electrons. The minimum Gasteiger partial charge on any atom is -0.496 e. The molecule has 13 heteroatoms. The van der Waals surface area contributed by atoms with Crippen LogP contribution in [0, 0.1) is 0 Å². The molecule has 2 heterocycles. The highest BCUT2D eigenvalue weighted by Gasteiger charge is 2.25. The summed E-state index contributed by atoms with van der Waals surface area (Å²) < 4.78 is 51.9. The average Bonchev–Trinajstić information content (AvgIpc) is 3.53. The number of aryl methyl sites for hydroxylation is 1. The molecule has 0 aliphatic rings. The predicted molar refractivity (Wildman–Crippen MR) is 139 cm³/mol. The van der Waals surface area contributed by atoms with Crippen LogP contribution in [0.2, 0.25) is 0 Å². The van der Waals surface area contributed by atoms with E-state index in [0.29, 0.717) is 36.3 Å². The van der Waals surface area contributed by atoms with Gasteiger partial charge < -0.3 is 24.1 Å². The van der Waals surface area contributed by atoms with Gasteiger partial charge >= 0.3 is 6.09 Å². The zero-order chi connectivity index (χ0) is 27.3. The summed E-state index contributed by atoms with van der Waals surface area (Å²) in [5.74, 6) is 0.591. The summed E-state index contributed by atoms with van der Waals surface area (Å²) in [4.78, 5) is 11.5. The smallest absolute Gasteiger partial charge is 0.407 e. The lowest BCUT2D eigenvalue weighted by Gasteiger charge is -2.12. The first-order chi connectivity index (χ1) is 18.3. The Morgan fingerprint density at radius 2 is 1.84 bits per heavy atom. The van der Waals surface area contributed by atoms with Crippen molar-refractivity contribution in [3.8, 4) is 11.5 Å². The number of aromatic nitrogens is 3. The van der Waals surface area contributed by atoms with Crippen LogP contribution in [0.15, 0.2) is 52.1 Å². The molecule has 0 fully saturated rings. The Balaban J connectivity index is 1.58. The maximum absolute atomic E-state index is 13.3. The third-order valence-corrected chi connectivity index (χ3v) is 7.08. The summed E-state index contributed by atoms with van der Waals surface area (Å²) in [7, 11) is -1.16. The van der Waals surface area contributed by atoms with Gasteiger partial charge in [0.2, 0.25) is 0 Å². The Bertz CT molecular complexity index is 1540.